The first-order chi connectivity index (χ1) is 10.9. The largest absolute Gasteiger partial charge is 0.481 e. The molecule has 0 saturated carbocycles. The molecule has 1 aromatic carbocycles. The molecule has 6 heteroatoms. The number of benzene rings is 1. The summed E-state index contributed by atoms with van der Waals surface area (Å²) in [5, 5.41) is 8.78. The molecule has 2 rings (SSSR count). The number of aliphatic carboxylic acids is 1. The summed E-state index contributed by atoms with van der Waals surface area (Å²) in [7, 11) is 1.74. The van der Waals surface area contributed by atoms with Gasteiger partial charge in [0.2, 0.25) is 0 Å². The molecule has 6 nitrogen and oxygen atoms in total. The number of amides is 2. The van der Waals surface area contributed by atoms with Crippen molar-refractivity contribution >= 4 is 17.7 Å². The van der Waals surface area contributed by atoms with Crippen molar-refractivity contribution in [2.75, 3.05) is 25.0 Å². The Morgan fingerprint density at radius 2 is 1.96 bits per heavy atom. The lowest BCUT2D eigenvalue weighted by Gasteiger charge is -2.37. The summed E-state index contributed by atoms with van der Waals surface area (Å²) in [4.78, 5) is 26.8. The summed E-state index contributed by atoms with van der Waals surface area (Å²) in [5.74, 6) is -0.823. The van der Waals surface area contributed by atoms with Crippen LogP contribution in [0.4, 0.5) is 10.5 Å². The van der Waals surface area contributed by atoms with Gasteiger partial charge in [0.05, 0.1) is 12.2 Å². The Morgan fingerprint density at radius 1 is 1.30 bits per heavy atom. The van der Waals surface area contributed by atoms with E-state index < -0.39 is 5.97 Å². The second kappa shape index (κ2) is 7.46. The number of hydrogen-bond acceptors (Lipinski definition) is 3. The fourth-order valence-electron chi connectivity index (χ4n) is 2.83. The van der Waals surface area contributed by atoms with Gasteiger partial charge in [0.1, 0.15) is 0 Å². The van der Waals surface area contributed by atoms with Crippen LogP contribution in [0.2, 0.25) is 0 Å². The van der Waals surface area contributed by atoms with E-state index in [1.807, 2.05) is 38.1 Å². The zero-order chi connectivity index (χ0) is 17.0. The Hall–Kier alpha value is -2.08. The molecule has 0 spiro atoms. The number of aryl methyl sites for hydroxylation is 1. The van der Waals surface area contributed by atoms with E-state index in [2.05, 4.69) is 0 Å². The van der Waals surface area contributed by atoms with Gasteiger partial charge >= 0.3 is 12.0 Å². The van der Waals surface area contributed by atoms with Crippen LogP contribution in [0.25, 0.3) is 0 Å². The van der Waals surface area contributed by atoms with E-state index in [4.69, 9.17) is 9.84 Å². The maximum absolute atomic E-state index is 12.7. The fourth-order valence-corrected chi connectivity index (χ4v) is 2.83. The second-order valence-corrected chi connectivity index (χ2v) is 6.07. The molecule has 1 aliphatic rings. The number of ether oxygens (including phenoxy) is 1. The second-order valence-electron chi connectivity index (χ2n) is 6.07. The van der Waals surface area contributed by atoms with Gasteiger partial charge in [-0.3, -0.25) is 9.69 Å². The highest BCUT2D eigenvalue weighted by molar-refractivity contribution is 5.91. The van der Waals surface area contributed by atoms with E-state index in [9.17, 15) is 9.59 Å². The fraction of sp³-hybridized carbons (Fsp3) is 0.529. The van der Waals surface area contributed by atoms with Crippen LogP contribution in [0, 0.1) is 0 Å². The van der Waals surface area contributed by atoms with Crippen LogP contribution in [0.1, 0.15) is 25.8 Å². The first kappa shape index (κ1) is 17.3. The summed E-state index contributed by atoms with van der Waals surface area (Å²) in [5.41, 5.74) is 1.68. The van der Waals surface area contributed by atoms with E-state index in [1.54, 1.807) is 16.8 Å². The number of carbonyl (C=O) groups is 2. The lowest BCUT2D eigenvalue weighted by molar-refractivity contribution is -0.136. The van der Waals surface area contributed by atoms with Crippen molar-refractivity contribution in [1.29, 1.82) is 0 Å². The quantitative estimate of drug-likeness (QED) is 0.924. The number of carboxylic acid groups (broad SMARTS) is 1. The SMILES string of the molecule is C[C@@H]1CN(C(=O)N(C)c2cccc(CCC(=O)O)c2)C[C@H](C)O1. The van der Waals surface area contributed by atoms with Crippen LogP contribution >= 0.6 is 0 Å². The Labute approximate surface area is 136 Å². The lowest BCUT2D eigenvalue weighted by Crippen LogP contribution is -2.52. The van der Waals surface area contributed by atoms with Crippen molar-refractivity contribution in [3.8, 4) is 0 Å². The molecular formula is C17H24N2O4. The highest BCUT2D eigenvalue weighted by atomic mass is 16.5. The molecule has 0 bridgehead atoms. The smallest absolute Gasteiger partial charge is 0.324 e. The number of carbonyl (C=O) groups excluding carboxylic acids is 1. The molecule has 1 saturated heterocycles. The zero-order valence-corrected chi connectivity index (χ0v) is 13.9. The number of hydrogen-bond donors (Lipinski definition) is 1. The first-order valence-corrected chi connectivity index (χ1v) is 7.85. The molecule has 1 fully saturated rings. The van der Waals surface area contributed by atoms with E-state index in [0.717, 1.165) is 11.3 Å². The molecule has 126 valence electrons. The van der Waals surface area contributed by atoms with Gasteiger partial charge in [-0.05, 0) is 38.0 Å². The third-order valence-electron chi connectivity index (χ3n) is 3.90. The molecule has 2 amide bonds. The van der Waals surface area contributed by atoms with Crippen molar-refractivity contribution in [2.24, 2.45) is 0 Å². The molecule has 0 unspecified atom stereocenters. The molecule has 23 heavy (non-hydrogen) atoms. The first-order valence-electron chi connectivity index (χ1n) is 7.85. The lowest BCUT2D eigenvalue weighted by atomic mass is 10.1. The van der Waals surface area contributed by atoms with Gasteiger partial charge in [-0.25, -0.2) is 4.79 Å². The van der Waals surface area contributed by atoms with Crippen molar-refractivity contribution < 1.29 is 19.4 Å². The predicted octanol–water partition coefficient (Wildman–Crippen LogP) is 2.37. The molecule has 0 aromatic heterocycles. The average Bonchev–Trinajstić information content (AvgIpc) is 2.51. The highest BCUT2D eigenvalue weighted by Crippen LogP contribution is 2.19. The molecule has 0 radical (unpaired) electrons. The summed E-state index contributed by atoms with van der Waals surface area (Å²) in [6, 6.07) is 7.39. The summed E-state index contributed by atoms with van der Waals surface area (Å²) >= 11 is 0. The third kappa shape index (κ3) is 4.69. The summed E-state index contributed by atoms with van der Waals surface area (Å²) < 4.78 is 5.66. The number of urea groups is 1. The molecule has 0 aliphatic carbocycles. The van der Waals surface area contributed by atoms with Gasteiger partial charge in [-0.15, -0.1) is 0 Å². The molecule has 2 atom stereocenters. The van der Waals surface area contributed by atoms with Gasteiger partial charge in [-0.2, -0.15) is 0 Å². The Morgan fingerprint density at radius 3 is 2.57 bits per heavy atom. The molecule has 1 aromatic rings. The van der Waals surface area contributed by atoms with Crippen molar-refractivity contribution in [1.82, 2.24) is 4.90 Å². The van der Waals surface area contributed by atoms with Crippen LogP contribution in [0.15, 0.2) is 24.3 Å². The van der Waals surface area contributed by atoms with Crippen LogP contribution in [-0.4, -0.2) is 54.4 Å². The van der Waals surface area contributed by atoms with Crippen LogP contribution in [-0.2, 0) is 16.0 Å². The molecule has 1 aliphatic heterocycles. The van der Waals surface area contributed by atoms with Gasteiger partial charge < -0.3 is 14.7 Å². The van der Waals surface area contributed by atoms with Crippen molar-refractivity contribution in [3.05, 3.63) is 29.8 Å². The minimum atomic E-state index is -0.823. The van der Waals surface area contributed by atoms with Gasteiger partial charge in [0.25, 0.3) is 0 Å². The number of rotatable bonds is 4. The summed E-state index contributed by atoms with van der Waals surface area (Å²) in [6.45, 7) is 5.07. The van der Waals surface area contributed by atoms with Crippen LogP contribution < -0.4 is 4.90 Å². The van der Waals surface area contributed by atoms with Gasteiger partial charge in [0, 0.05) is 32.2 Å². The topological polar surface area (TPSA) is 70.1 Å². The normalized spacial score (nSPS) is 21.1. The Bertz CT molecular complexity index is 565. The average molecular weight is 320 g/mol. The Balaban J connectivity index is 2.06. The molecule has 1 N–H and O–H groups in total. The van der Waals surface area contributed by atoms with Gasteiger partial charge in [-0.1, -0.05) is 12.1 Å². The minimum absolute atomic E-state index is 0.0259. The van der Waals surface area contributed by atoms with Gasteiger partial charge in [0.15, 0.2) is 0 Å². The van der Waals surface area contributed by atoms with Crippen LogP contribution in [0.5, 0.6) is 0 Å². The van der Waals surface area contributed by atoms with E-state index in [-0.39, 0.29) is 24.7 Å². The molecular weight excluding hydrogens is 296 g/mol. The van der Waals surface area contributed by atoms with E-state index in [0.29, 0.717) is 19.5 Å². The van der Waals surface area contributed by atoms with E-state index in [1.165, 1.54) is 0 Å². The predicted molar refractivity (Wildman–Crippen MR) is 87.8 cm³/mol. The van der Waals surface area contributed by atoms with E-state index >= 15 is 0 Å². The van der Waals surface area contributed by atoms with Crippen molar-refractivity contribution in [2.45, 2.75) is 38.9 Å². The molecule has 1 heterocycles. The number of anilines is 1. The highest BCUT2D eigenvalue weighted by Gasteiger charge is 2.28. The monoisotopic (exact) mass is 320 g/mol. The van der Waals surface area contributed by atoms with Crippen LogP contribution in [0.3, 0.4) is 0 Å². The Kier molecular flexibility index (Phi) is 5.60. The maximum atomic E-state index is 12.7. The number of nitrogens with zero attached hydrogens (tertiary/aromatic N) is 2. The summed E-state index contributed by atoms with van der Waals surface area (Å²) in [6.07, 6.45) is 0.590. The minimum Gasteiger partial charge on any atom is -0.481 e. The maximum Gasteiger partial charge on any atom is 0.324 e. The number of carboxylic acids is 1. The standard InChI is InChI=1S/C17H24N2O4/c1-12-10-19(11-13(2)23-12)17(22)18(3)15-6-4-5-14(9-15)7-8-16(20)21/h4-6,9,12-13H,7-8,10-11H2,1-3H3,(H,20,21)/t12-,13+. The number of morpholine rings is 1. The van der Waals surface area contributed by atoms with Crippen molar-refractivity contribution in [3.63, 3.8) is 0 Å². The third-order valence-corrected chi connectivity index (χ3v) is 3.90. The zero-order valence-electron chi connectivity index (χ0n) is 13.9.